The van der Waals surface area contributed by atoms with Crippen LogP contribution in [0.3, 0.4) is 0 Å². The smallest absolute Gasteiger partial charge is 0.406 e. The summed E-state index contributed by atoms with van der Waals surface area (Å²) in [6.07, 6.45) is -2.27. The minimum atomic E-state index is -4.45. The Kier molecular flexibility index (Phi) is 10.5. The van der Waals surface area contributed by atoms with Crippen molar-refractivity contribution < 1.29 is 36.2 Å². The summed E-state index contributed by atoms with van der Waals surface area (Å²) in [5.74, 6) is 6.14. The number of rotatable bonds is 11. The second-order valence-electron chi connectivity index (χ2n) is 10.6. The van der Waals surface area contributed by atoms with Crippen molar-refractivity contribution in [3.63, 3.8) is 0 Å². The average Bonchev–Trinajstić information content (AvgIpc) is 3.28. The number of piperidine rings is 1. The number of methoxy groups -OCH3 is 2. The first-order valence-electron chi connectivity index (χ1n) is 13.8. The van der Waals surface area contributed by atoms with Crippen molar-refractivity contribution in [1.82, 2.24) is 9.47 Å². The Morgan fingerprint density at radius 1 is 1.12 bits per heavy atom. The van der Waals surface area contributed by atoms with E-state index in [1.807, 2.05) is 6.07 Å². The van der Waals surface area contributed by atoms with Crippen LogP contribution in [0.1, 0.15) is 18.5 Å². The Morgan fingerprint density at radius 3 is 2.51 bits per heavy atom. The molecule has 0 bridgehead atoms. The topological polar surface area (TPSA) is 105 Å². The number of anilines is 2. The highest BCUT2D eigenvalue weighted by molar-refractivity contribution is 7.90. The molecule has 43 heavy (non-hydrogen) atoms. The number of benzene rings is 2. The lowest BCUT2D eigenvalue weighted by Crippen LogP contribution is -2.43. The number of likely N-dealkylation sites (tertiary alicyclic amines) is 1. The molecule has 4 rings (SSSR count). The summed E-state index contributed by atoms with van der Waals surface area (Å²) >= 11 is 0. The molecule has 3 N–H and O–H groups in total. The lowest BCUT2D eigenvalue weighted by molar-refractivity contribution is -0.140. The van der Waals surface area contributed by atoms with Crippen LogP contribution >= 0.6 is 0 Å². The minimum Gasteiger partial charge on any atom is -0.495 e. The van der Waals surface area contributed by atoms with E-state index >= 15 is 0 Å². The van der Waals surface area contributed by atoms with Gasteiger partial charge in [0, 0.05) is 50.1 Å². The van der Waals surface area contributed by atoms with E-state index in [9.17, 15) is 26.7 Å². The SMILES string of the molecule is COCC(O)CN1CCC(Nc2cccc3c2cc(C#CCNc2cc(S(C)(=O)=O)ccc2OC)n3CC(F)(F)F)CC1. The molecule has 1 atom stereocenters. The first kappa shape index (κ1) is 32.5. The van der Waals surface area contributed by atoms with E-state index in [2.05, 4.69) is 27.4 Å². The molecule has 0 aliphatic carbocycles. The Balaban J connectivity index is 1.53. The van der Waals surface area contributed by atoms with E-state index in [1.54, 1.807) is 25.3 Å². The van der Waals surface area contributed by atoms with Crippen LogP contribution in [0.15, 0.2) is 47.4 Å². The van der Waals surface area contributed by atoms with Gasteiger partial charge in [0.2, 0.25) is 0 Å². The summed E-state index contributed by atoms with van der Waals surface area (Å²) in [6, 6.07) is 11.4. The van der Waals surface area contributed by atoms with Gasteiger partial charge in [-0.05, 0) is 55.2 Å². The maximum atomic E-state index is 13.6. The number of fused-ring (bicyclic) bond motifs is 1. The standard InChI is InChI=1S/C30H37F3N4O5S/c1-41-19-23(38)18-36-14-11-21(12-15-36)35-26-7-4-8-28-25(26)16-22(37(28)20-30(31,32)33)6-5-13-34-27-17-24(43(3,39)40)9-10-29(27)42-2/h4,7-10,16-17,21,23,34-35,38H,11-15,18-20H2,1-3H3. The largest absolute Gasteiger partial charge is 0.495 e. The number of sulfone groups is 1. The number of nitrogens with zero attached hydrogens (tertiary/aromatic N) is 2. The number of ether oxygens (including phenoxy) is 2. The van der Waals surface area contributed by atoms with Crippen molar-refractivity contribution in [2.24, 2.45) is 0 Å². The van der Waals surface area contributed by atoms with Crippen molar-refractivity contribution in [3.05, 3.63) is 48.2 Å². The third-order valence-corrected chi connectivity index (χ3v) is 8.35. The summed E-state index contributed by atoms with van der Waals surface area (Å²) in [5, 5.41) is 17.2. The van der Waals surface area contributed by atoms with Gasteiger partial charge in [-0.15, -0.1) is 0 Å². The monoisotopic (exact) mass is 622 g/mol. The molecular weight excluding hydrogens is 585 g/mol. The molecule has 234 valence electrons. The van der Waals surface area contributed by atoms with Gasteiger partial charge in [0.1, 0.15) is 12.3 Å². The lowest BCUT2D eigenvalue weighted by Gasteiger charge is -2.34. The number of aromatic nitrogens is 1. The molecule has 1 aliphatic heterocycles. The fourth-order valence-electron chi connectivity index (χ4n) is 5.22. The van der Waals surface area contributed by atoms with Gasteiger partial charge >= 0.3 is 6.18 Å². The highest BCUT2D eigenvalue weighted by atomic mass is 32.2. The maximum absolute atomic E-state index is 13.6. The Labute approximate surface area is 249 Å². The van der Waals surface area contributed by atoms with Crippen molar-refractivity contribution in [1.29, 1.82) is 0 Å². The summed E-state index contributed by atoms with van der Waals surface area (Å²) in [5.41, 5.74) is 1.77. The zero-order valence-electron chi connectivity index (χ0n) is 24.4. The highest BCUT2D eigenvalue weighted by Gasteiger charge is 2.30. The number of hydrogen-bond donors (Lipinski definition) is 3. The number of nitrogens with one attached hydrogen (secondary N) is 2. The van der Waals surface area contributed by atoms with Gasteiger partial charge in [-0.1, -0.05) is 12.0 Å². The van der Waals surface area contributed by atoms with E-state index in [-0.39, 0.29) is 29.8 Å². The normalized spacial score (nSPS) is 15.6. The number of halogens is 3. The molecule has 1 aliphatic rings. The lowest BCUT2D eigenvalue weighted by atomic mass is 10.0. The van der Waals surface area contributed by atoms with E-state index in [0.717, 1.165) is 42.4 Å². The molecular formula is C30H37F3N4O5S. The van der Waals surface area contributed by atoms with Gasteiger partial charge < -0.3 is 34.7 Å². The van der Waals surface area contributed by atoms with Gasteiger partial charge in [0.05, 0.1) is 48.2 Å². The first-order chi connectivity index (χ1) is 20.4. The summed E-state index contributed by atoms with van der Waals surface area (Å²) < 4.78 is 76.2. The molecule has 9 nitrogen and oxygen atoms in total. The molecule has 3 aromatic rings. The summed E-state index contributed by atoms with van der Waals surface area (Å²) in [7, 11) is -0.451. The van der Waals surface area contributed by atoms with E-state index in [4.69, 9.17) is 9.47 Å². The van der Waals surface area contributed by atoms with Crippen molar-refractivity contribution in [2.45, 2.75) is 42.6 Å². The van der Waals surface area contributed by atoms with Gasteiger partial charge in [-0.2, -0.15) is 13.2 Å². The third kappa shape index (κ3) is 8.79. The minimum absolute atomic E-state index is 0.0415. The van der Waals surface area contributed by atoms with Crippen LogP contribution in [-0.4, -0.2) is 94.6 Å². The van der Waals surface area contributed by atoms with Crippen LogP contribution < -0.4 is 15.4 Å². The second kappa shape index (κ2) is 13.9. The molecule has 0 radical (unpaired) electrons. The van der Waals surface area contributed by atoms with Gasteiger partial charge in [-0.3, -0.25) is 0 Å². The van der Waals surface area contributed by atoms with E-state index < -0.39 is 28.7 Å². The Bertz CT molecular complexity index is 1570. The second-order valence-corrected chi connectivity index (χ2v) is 12.6. The predicted molar refractivity (Wildman–Crippen MR) is 160 cm³/mol. The number of aliphatic hydroxyl groups is 1. The van der Waals surface area contributed by atoms with Crippen molar-refractivity contribution >= 4 is 32.1 Å². The summed E-state index contributed by atoms with van der Waals surface area (Å²) in [6.45, 7) is 1.23. The Morgan fingerprint density at radius 2 is 1.86 bits per heavy atom. The molecule has 0 amide bonds. The van der Waals surface area contributed by atoms with Crippen molar-refractivity contribution in [2.75, 3.05) is 63.9 Å². The van der Waals surface area contributed by atoms with Crippen LogP contribution in [0.4, 0.5) is 24.5 Å². The van der Waals surface area contributed by atoms with Crippen molar-refractivity contribution in [3.8, 4) is 17.6 Å². The quantitative estimate of drug-likeness (QED) is 0.276. The zero-order valence-corrected chi connectivity index (χ0v) is 25.2. The molecule has 2 heterocycles. The maximum Gasteiger partial charge on any atom is 0.406 e. The highest BCUT2D eigenvalue weighted by Crippen LogP contribution is 2.32. The fraction of sp³-hybridized carbons (Fsp3) is 0.467. The molecule has 0 spiro atoms. The average molecular weight is 623 g/mol. The molecule has 1 saturated heterocycles. The third-order valence-electron chi connectivity index (χ3n) is 7.24. The summed E-state index contributed by atoms with van der Waals surface area (Å²) in [4.78, 5) is 2.28. The van der Waals surface area contributed by atoms with Gasteiger partial charge in [0.15, 0.2) is 9.84 Å². The van der Waals surface area contributed by atoms with Crippen LogP contribution in [0.2, 0.25) is 0 Å². The first-order valence-corrected chi connectivity index (χ1v) is 15.7. The number of β-amino-alcohol motifs (C(OH)–C–C–N with tert-alkyl or cyclic N) is 1. The molecule has 13 heteroatoms. The predicted octanol–water partition coefficient (Wildman–Crippen LogP) is 3.96. The van der Waals surface area contributed by atoms with Crippen LogP contribution in [0.5, 0.6) is 5.75 Å². The number of aliphatic hydroxyl groups excluding tert-OH is 1. The molecule has 0 saturated carbocycles. The molecule has 2 aromatic carbocycles. The van der Waals surface area contributed by atoms with Crippen LogP contribution in [-0.2, 0) is 21.1 Å². The molecule has 1 fully saturated rings. The van der Waals surface area contributed by atoms with Gasteiger partial charge in [0.25, 0.3) is 0 Å². The van der Waals surface area contributed by atoms with Crippen LogP contribution in [0, 0.1) is 11.8 Å². The zero-order chi connectivity index (χ0) is 31.2. The Hall–Kier alpha value is -3.44. The van der Waals surface area contributed by atoms with Crippen LogP contribution in [0.25, 0.3) is 10.9 Å². The van der Waals surface area contributed by atoms with E-state index in [0.29, 0.717) is 28.9 Å². The number of hydrogen-bond acceptors (Lipinski definition) is 8. The number of alkyl halides is 3. The van der Waals surface area contributed by atoms with E-state index in [1.165, 1.54) is 25.3 Å². The molecule has 1 aromatic heterocycles. The fourth-order valence-corrected chi connectivity index (χ4v) is 5.86. The molecule has 1 unspecified atom stereocenters. The van der Waals surface area contributed by atoms with Gasteiger partial charge in [-0.25, -0.2) is 8.42 Å².